The number of hydrogen-bond donors (Lipinski definition) is 2. The van der Waals surface area contributed by atoms with Gasteiger partial charge in [-0.2, -0.15) is 4.99 Å². The molecule has 1 amide bonds. The minimum atomic E-state index is -0.517. The summed E-state index contributed by atoms with van der Waals surface area (Å²) in [6.07, 6.45) is 0. The van der Waals surface area contributed by atoms with Gasteiger partial charge in [0.1, 0.15) is 0 Å². The number of benzene rings is 2. The van der Waals surface area contributed by atoms with E-state index in [0.717, 1.165) is 5.56 Å². The van der Waals surface area contributed by atoms with Crippen LogP contribution in [0, 0.1) is 0 Å². The molecule has 0 spiro atoms. The number of halogens is 1. The van der Waals surface area contributed by atoms with E-state index in [0.29, 0.717) is 27.2 Å². The summed E-state index contributed by atoms with van der Waals surface area (Å²) in [4.78, 5) is 20.5. The predicted octanol–water partition coefficient (Wildman–Crippen LogP) is 2.97. The van der Waals surface area contributed by atoms with E-state index in [1.54, 1.807) is 18.2 Å². The van der Waals surface area contributed by atoms with Gasteiger partial charge in [0, 0.05) is 16.0 Å². The molecule has 4 N–H and O–H groups in total. The van der Waals surface area contributed by atoms with Crippen LogP contribution in [0.25, 0.3) is 22.2 Å². The predicted molar refractivity (Wildman–Crippen MR) is 92.3 cm³/mol. The number of carbonyl (C=O) groups is 1. The largest absolute Gasteiger partial charge is 0.370 e. The van der Waals surface area contributed by atoms with Crippen LogP contribution in [0.15, 0.2) is 59.6 Å². The third-order valence-electron chi connectivity index (χ3n) is 3.33. The number of fused-ring (bicyclic) bond motifs is 1. The minimum Gasteiger partial charge on any atom is -0.370 e. The number of para-hydroxylation sites is 1. The fourth-order valence-corrected chi connectivity index (χ4v) is 2.57. The Labute approximate surface area is 137 Å². The zero-order chi connectivity index (χ0) is 16.4. The molecule has 0 fully saturated rings. The van der Waals surface area contributed by atoms with Crippen LogP contribution in [0.1, 0.15) is 10.4 Å². The Bertz CT molecular complexity index is 933. The summed E-state index contributed by atoms with van der Waals surface area (Å²) in [7, 11) is 0. The van der Waals surface area contributed by atoms with Crippen molar-refractivity contribution in [3.8, 4) is 11.3 Å². The van der Waals surface area contributed by atoms with Gasteiger partial charge in [-0.3, -0.25) is 4.79 Å². The molecule has 3 rings (SSSR count). The molecule has 0 unspecified atom stereocenters. The Hall–Kier alpha value is -2.92. The summed E-state index contributed by atoms with van der Waals surface area (Å²) in [6.45, 7) is 0. The van der Waals surface area contributed by atoms with E-state index in [4.69, 9.17) is 23.1 Å². The Morgan fingerprint density at radius 2 is 1.74 bits per heavy atom. The van der Waals surface area contributed by atoms with E-state index in [2.05, 4.69) is 9.98 Å². The monoisotopic (exact) mass is 324 g/mol. The minimum absolute atomic E-state index is 0.282. The summed E-state index contributed by atoms with van der Waals surface area (Å²) in [6, 6.07) is 16.2. The van der Waals surface area contributed by atoms with Crippen molar-refractivity contribution in [3.05, 3.63) is 65.2 Å². The van der Waals surface area contributed by atoms with Crippen molar-refractivity contribution < 1.29 is 4.79 Å². The highest BCUT2D eigenvalue weighted by Crippen LogP contribution is 2.29. The maximum Gasteiger partial charge on any atom is 0.280 e. The first-order valence-electron chi connectivity index (χ1n) is 6.85. The molecule has 3 aromatic rings. The fourth-order valence-electron chi connectivity index (χ4n) is 2.34. The molecule has 0 aliphatic rings. The summed E-state index contributed by atoms with van der Waals surface area (Å²) in [5.74, 6) is -0.799. The van der Waals surface area contributed by atoms with Crippen molar-refractivity contribution in [1.29, 1.82) is 0 Å². The van der Waals surface area contributed by atoms with E-state index < -0.39 is 5.91 Å². The third-order valence-corrected chi connectivity index (χ3v) is 3.66. The van der Waals surface area contributed by atoms with Gasteiger partial charge in [0.05, 0.1) is 16.8 Å². The number of guanidine groups is 1. The number of hydrogen-bond acceptors (Lipinski definition) is 2. The molecular weight excluding hydrogens is 312 g/mol. The van der Waals surface area contributed by atoms with Crippen molar-refractivity contribution in [2.24, 2.45) is 16.5 Å². The smallest absolute Gasteiger partial charge is 0.280 e. The van der Waals surface area contributed by atoms with Gasteiger partial charge >= 0.3 is 0 Å². The highest BCUT2D eigenvalue weighted by atomic mass is 35.5. The standard InChI is InChI=1S/C17H13ClN4O/c18-13-7-3-1-6-11(13)15-9-12(16(23)22-17(19)20)10-5-2-4-8-14(10)21-15/h1-9H,(H4,19,20,22,23). The molecule has 0 atom stereocenters. The highest BCUT2D eigenvalue weighted by molar-refractivity contribution is 6.33. The van der Waals surface area contributed by atoms with Crippen molar-refractivity contribution in [2.75, 3.05) is 0 Å². The van der Waals surface area contributed by atoms with Gasteiger partial charge in [-0.05, 0) is 18.2 Å². The summed E-state index contributed by atoms with van der Waals surface area (Å²) >= 11 is 6.23. The molecule has 6 heteroatoms. The number of nitrogens with two attached hydrogens (primary N) is 2. The molecule has 1 aromatic heterocycles. The topological polar surface area (TPSA) is 94.4 Å². The van der Waals surface area contributed by atoms with Crippen LogP contribution in [0.5, 0.6) is 0 Å². The molecule has 0 radical (unpaired) electrons. The Balaban J connectivity index is 2.28. The lowest BCUT2D eigenvalue weighted by molar-refractivity contribution is 0.100. The summed E-state index contributed by atoms with van der Waals surface area (Å²) < 4.78 is 0. The lowest BCUT2D eigenvalue weighted by Crippen LogP contribution is -2.24. The molecule has 1 heterocycles. The number of carbonyl (C=O) groups excluding carboxylic acids is 1. The molecule has 5 nitrogen and oxygen atoms in total. The third kappa shape index (κ3) is 3.00. The quantitative estimate of drug-likeness (QED) is 0.559. The zero-order valence-electron chi connectivity index (χ0n) is 12.0. The van der Waals surface area contributed by atoms with Gasteiger partial charge in [0.25, 0.3) is 5.91 Å². The van der Waals surface area contributed by atoms with E-state index in [9.17, 15) is 4.79 Å². The van der Waals surface area contributed by atoms with E-state index in [1.807, 2.05) is 36.4 Å². The molecule has 0 aliphatic carbocycles. The lowest BCUT2D eigenvalue weighted by atomic mass is 10.0. The van der Waals surface area contributed by atoms with Crippen LogP contribution in [-0.4, -0.2) is 16.9 Å². The average molecular weight is 325 g/mol. The second-order valence-corrected chi connectivity index (χ2v) is 5.30. The number of aromatic nitrogens is 1. The van der Waals surface area contributed by atoms with Crippen LogP contribution < -0.4 is 11.5 Å². The maximum atomic E-state index is 12.3. The van der Waals surface area contributed by atoms with E-state index in [-0.39, 0.29) is 5.96 Å². The molecule has 114 valence electrons. The molecule has 0 bridgehead atoms. The molecule has 0 saturated carbocycles. The van der Waals surface area contributed by atoms with Crippen LogP contribution in [0.2, 0.25) is 5.02 Å². The maximum absolute atomic E-state index is 12.3. The van der Waals surface area contributed by atoms with Gasteiger partial charge in [-0.25, -0.2) is 4.98 Å². The first kappa shape index (κ1) is 15.0. The molecule has 23 heavy (non-hydrogen) atoms. The van der Waals surface area contributed by atoms with Gasteiger partial charge in [-0.15, -0.1) is 0 Å². The number of nitrogens with zero attached hydrogens (tertiary/aromatic N) is 2. The normalized spacial score (nSPS) is 10.5. The van der Waals surface area contributed by atoms with Crippen LogP contribution in [0.3, 0.4) is 0 Å². The Morgan fingerprint density at radius 1 is 1.04 bits per heavy atom. The van der Waals surface area contributed by atoms with Crippen LogP contribution in [0.4, 0.5) is 0 Å². The zero-order valence-corrected chi connectivity index (χ0v) is 12.8. The SMILES string of the molecule is NC(N)=NC(=O)c1cc(-c2ccccc2Cl)nc2ccccc12. The highest BCUT2D eigenvalue weighted by Gasteiger charge is 2.14. The Kier molecular flexibility index (Phi) is 3.95. The summed E-state index contributed by atoms with van der Waals surface area (Å²) in [5.41, 5.74) is 13.0. The van der Waals surface area contributed by atoms with Crippen molar-refractivity contribution in [1.82, 2.24) is 4.98 Å². The summed E-state index contributed by atoms with van der Waals surface area (Å²) in [5, 5.41) is 1.23. The van der Waals surface area contributed by atoms with Gasteiger partial charge in [0.2, 0.25) is 0 Å². The van der Waals surface area contributed by atoms with E-state index in [1.165, 1.54) is 0 Å². The van der Waals surface area contributed by atoms with Crippen LogP contribution in [-0.2, 0) is 0 Å². The molecule has 0 saturated heterocycles. The molecule has 0 aliphatic heterocycles. The number of pyridine rings is 1. The van der Waals surface area contributed by atoms with Gasteiger partial charge < -0.3 is 11.5 Å². The lowest BCUT2D eigenvalue weighted by Gasteiger charge is -2.09. The number of aliphatic imine (C=N–C) groups is 1. The molecule has 2 aromatic carbocycles. The van der Waals surface area contributed by atoms with Gasteiger partial charge in [0.15, 0.2) is 5.96 Å². The second-order valence-electron chi connectivity index (χ2n) is 4.89. The number of rotatable bonds is 2. The second kappa shape index (κ2) is 6.06. The van der Waals surface area contributed by atoms with E-state index >= 15 is 0 Å². The number of amides is 1. The first-order chi connectivity index (χ1) is 11.1. The van der Waals surface area contributed by atoms with Crippen molar-refractivity contribution >= 4 is 34.4 Å². The average Bonchev–Trinajstić information content (AvgIpc) is 2.53. The van der Waals surface area contributed by atoms with Crippen molar-refractivity contribution in [3.63, 3.8) is 0 Å². The van der Waals surface area contributed by atoms with Crippen molar-refractivity contribution in [2.45, 2.75) is 0 Å². The van der Waals surface area contributed by atoms with Gasteiger partial charge in [-0.1, -0.05) is 48.0 Å². The first-order valence-corrected chi connectivity index (χ1v) is 7.22. The van der Waals surface area contributed by atoms with Crippen LogP contribution >= 0.6 is 11.6 Å². The fraction of sp³-hybridized carbons (Fsp3) is 0. The molecular formula is C17H13ClN4O. The Morgan fingerprint density at radius 3 is 2.48 bits per heavy atom.